The van der Waals surface area contributed by atoms with Crippen molar-refractivity contribution in [2.45, 2.75) is 18.4 Å². The molecule has 2 aliphatic rings. The molecule has 2 aromatic rings. The largest absolute Gasteiger partial charge is 0.497 e. The van der Waals surface area contributed by atoms with Gasteiger partial charge in [0.2, 0.25) is 0 Å². The van der Waals surface area contributed by atoms with Crippen molar-refractivity contribution >= 4 is 21.6 Å². The van der Waals surface area contributed by atoms with Crippen molar-refractivity contribution in [1.29, 1.82) is 0 Å². The summed E-state index contributed by atoms with van der Waals surface area (Å²) in [5, 5.41) is 3.76. The first-order valence-electron chi connectivity index (χ1n) is 7.63. The zero-order valence-corrected chi connectivity index (χ0v) is 14.0. The maximum atomic E-state index is 5.40. The molecule has 0 bridgehead atoms. The Hall–Kier alpha value is -1.74. The minimum atomic E-state index is 0.307. The first kappa shape index (κ1) is 13.9. The van der Waals surface area contributed by atoms with Crippen molar-refractivity contribution in [3.8, 4) is 5.75 Å². The highest BCUT2D eigenvalue weighted by molar-refractivity contribution is 9.10. The van der Waals surface area contributed by atoms with Crippen LogP contribution >= 0.6 is 15.9 Å². The van der Waals surface area contributed by atoms with Crippen LogP contribution in [0, 0.1) is 5.92 Å². The second kappa shape index (κ2) is 5.47. The number of hydrogen-bond donors (Lipinski definition) is 1. The first-order valence-corrected chi connectivity index (χ1v) is 8.43. The minimum absolute atomic E-state index is 0.307. The molecule has 0 spiro atoms. The lowest BCUT2D eigenvalue weighted by Crippen LogP contribution is -2.29. The summed E-state index contributed by atoms with van der Waals surface area (Å²) in [6, 6.07) is 15.2. The molecule has 2 aromatic carbocycles. The second-order valence-corrected chi connectivity index (χ2v) is 6.81. The molecule has 3 heteroatoms. The highest BCUT2D eigenvalue weighted by Crippen LogP contribution is 2.51. The van der Waals surface area contributed by atoms with Crippen LogP contribution in [0.15, 0.2) is 59.1 Å². The van der Waals surface area contributed by atoms with E-state index >= 15 is 0 Å². The smallest absolute Gasteiger partial charge is 0.119 e. The van der Waals surface area contributed by atoms with E-state index in [2.05, 4.69) is 69.8 Å². The van der Waals surface area contributed by atoms with Gasteiger partial charge in [-0.1, -0.05) is 36.4 Å². The fourth-order valence-corrected chi connectivity index (χ4v) is 4.24. The molecule has 0 fully saturated rings. The Morgan fingerprint density at radius 2 is 2.05 bits per heavy atom. The van der Waals surface area contributed by atoms with E-state index in [9.17, 15) is 0 Å². The van der Waals surface area contributed by atoms with Gasteiger partial charge in [0.05, 0.1) is 18.8 Å². The second-order valence-electron chi connectivity index (χ2n) is 5.96. The van der Waals surface area contributed by atoms with Crippen LogP contribution in [0.2, 0.25) is 0 Å². The van der Waals surface area contributed by atoms with Gasteiger partial charge in [0.1, 0.15) is 5.75 Å². The van der Waals surface area contributed by atoms with Crippen molar-refractivity contribution in [2.24, 2.45) is 5.92 Å². The normalized spacial score (nSPS) is 25.3. The zero-order chi connectivity index (χ0) is 15.1. The van der Waals surface area contributed by atoms with E-state index in [0.717, 1.165) is 16.6 Å². The molecule has 1 heterocycles. The molecular weight excluding hydrogens is 338 g/mol. The average molecular weight is 356 g/mol. The zero-order valence-electron chi connectivity index (χ0n) is 12.4. The highest BCUT2D eigenvalue weighted by atomic mass is 79.9. The molecule has 4 rings (SSSR count). The molecular formula is C19H18BrNO. The number of hydrogen-bond acceptors (Lipinski definition) is 2. The van der Waals surface area contributed by atoms with E-state index in [4.69, 9.17) is 4.74 Å². The molecule has 0 radical (unpaired) electrons. The van der Waals surface area contributed by atoms with E-state index < -0.39 is 0 Å². The molecule has 0 amide bonds. The van der Waals surface area contributed by atoms with Crippen LogP contribution < -0.4 is 10.1 Å². The third kappa shape index (κ3) is 2.15. The van der Waals surface area contributed by atoms with Crippen LogP contribution in [-0.2, 0) is 0 Å². The van der Waals surface area contributed by atoms with E-state index in [0.29, 0.717) is 17.9 Å². The maximum Gasteiger partial charge on any atom is 0.119 e. The fourth-order valence-electron chi connectivity index (χ4n) is 3.75. The van der Waals surface area contributed by atoms with Gasteiger partial charge in [0.15, 0.2) is 0 Å². The summed E-state index contributed by atoms with van der Waals surface area (Å²) >= 11 is 3.70. The molecule has 1 N–H and O–H groups in total. The highest BCUT2D eigenvalue weighted by Gasteiger charge is 2.38. The fraction of sp³-hybridized carbons (Fsp3) is 0.263. The lowest BCUT2D eigenvalue weighted by Gasteiger charge is -2.38. The van der Waals surface area contributed by atoms with E-state index in [1.807, 2.05) is 6.07 Å². The van der Waals surface area contributed by atoms with Crippen LogP contribution in [0.3, 0.4) is 0 Å². The number of nitrogens with one attached hydrogen (secondary N) is 1. The van der Waals surface area contributed by atoms with Gasteiger partial charge < -0.3 is 10.1 Å². The van der Waals surface area contributed by atoms with Gasteiger partial charge in [-0.15, -0.1) is 0 Å². The van der Waals surface area contributed by atoms with Crippen LogP contribution in [0.25, 0.3) is 0 Å². The van der Waals surface area contributed by atoms with E-state index in [1.54, 1.807) is 7.11 Å². The predicted molar refractivity (Wildman–Crippen MR) is 93.5 cm³/mol. The van der Waals surface area contributed by atoms with Crippen molar-refractivity contribution in [1.82, 2.24) is 0 Å². The number of methoxy groups -OCH3 is 1. The van der Waals surface area contributed by atoms with E-state index in [1.165, 1.54) is 16.8 Å². The van der Waals surface area contributed by atoms with E-state index in [-0.39, 0.29) is 0 Å². The number of allylic oxidation sites excluding steroid dienone is 2. The summed E-state index contributed by atoms with van der Waals surface area (Å²) in [5.41, 5.74) is 3.91. The van der Waals surface area contributed by atoms with Crippen molar-refractivity contribution in [3.05, 3.63) is 70.2 Å². The van der Waals surface area contributed by atoms with Crippen molar-refractivity contribution in [2.75, 3.05) is 12.4 Å². The Bertz CT molecular complexity index is 740. The van der Waals surface area contributed by atoms with Crippen LogP contribution in [0.4, 0.5) is 5.69 Å². The molecule has 1 aliphatic carbocycles. The average Bonchev–Trinajstić information content (AvgIpc) is 3.04. The van der Waals surface area contributed by atoms with Gasteiger partial charge in [-0.25, -0.2) is 0 Å². The molecule has 0 saturated carbocycles. The summed E-state index contributed by atoms with van der Waals surface area (Å²) in [5.74, 6) is 1.97. The summed E-state index contributed by atoms with van der Waals surface area (Å²) in [7, 11) is 1.72. The third-order valence-electron chi connectivity index (χ3n) is 4.80. The first-order chi connectivity index (χ1) is 10.8. The summed E-state index contributed by atoms with van der Waals surface area (Å²) in [4.78, 5) is 0. The number of fused-ring (bicyclic) bond motifs is 3. The molecule has 0 saturated heterocycles. The molecule has 3 atom stereocenters. The molecule has 0 aromatic heterocycles. The van der Waals surface area contributed by atoms with Gasteiger partial charge in [0.25, 0.3) is 0 Å². The van der Waals surface area contributed by atoms with Crippen molar-refractivity contribution in [3.63, 3.8) is 0 Å². The van der Waals surface area contributed by atoms with Gasteiger partial charge in [-0.2, -0.15) is 0 Å². The van der Waals surface area contributed by atoms with Gasteiger partial charge >= 0.3 is 0 Å². The molecule has 112 valence electrons. The monoisotopic (exact) mass is 355 g/mol. The molecule has 2 nitrogen and oxygen atoms in total. The Labute approximate surface area is 139 Å². The number of anilines is 1. The standard InChI is InChI=1S/C19H18BrNO/c1-22-13-6-2-5-12(11-13)18-15-8-3-7-14(15)16-9-4-10-17(20)19(16)21-18/h2-7,9-11,14-15,18,21H,8H2,1H3/t14-,15-,18+/m1/s1. The van der Waals surface area contributed by atoms with Gasteiger partial charge in [0, 0.05) is 10.4 Å². The maximum absolute atomic E-state index is 5.40. The lowest BCUT2D eigenvalue weighted by molar-refractivity contribution is 0.406. The summed E-state index contributed by atoms with van der Waals surface area (Å²) in [6.45, 7) is 0. The number of ether oxygens (including phenoxy) is 1. The topological polar surface area (TPSA) is 21.3 Å². The quantitative estimate of drug-likeness (QED) is 0.739. The van der Waals surface area contributed by atoms with Crippen LogP contribution in [0.5, 0.6) is 5.75 Å². The number of halogens is 1. The Balaban J connectivity index is 1.80. The van der Waals surface area contributed by atoms with Gasteiger partial charge in [-0.3, -0.25) is 0 Å². The van der Waals surface area contributed by atoms with Crippen LogP contribution in [-0.4, -0.2) is 7.11 Å². The summed E-state index contributed by atoms with van der Waals surface area (Å²) < 4.78 is 6.53. The number of benzene rings is 2. The number of rotatable bonds is 2. The molecule has 1 aliphatic heterocycles. The minimum Gasteiger partial charge on any atom is -0.497 e. The Morgan fingerprint density at radius 1 is 1.18 bits per heavy atom. The SMILES string of the molecule is COc1cccc([C@@H]2Nc3c(Br)cccc3[C@@H]3C=CC[C@H]32)c1. The number of para-hydroxylation sites is 1. The van der Waals surface area contributed by atoms with Gasteiger partial charge in [-0.05, 0) is 57.6 Å². The summed E-state index contributed by atoms with van der Waals surface area (Å²) in [6.07, 6.45) is 5.80. The Kier molecular flexibility index (Phi) is 3.45. The lowest BCUT2D eigenvalue weighted by atomic mass is 9.77. The molecule has 22 heavy (non-hydrogen) atoms. The van der Waals surface area contributed by atoms with Crippen molar-refractivity contribution < 1.29 is 4.74 Å². The third-order valence-corrected chi connectivity index (χ3v) is 5.46. The predicted octanol–water partition coefficient (Wildman–Crippen LogP) is 5.28. The molecule has 0 unspecified atom stereocenters. The van der Waals surface area contributed by atoms with Crippen LogP contribution in [0.1, 0.15) is 29.5 Å². The Morgan fingerprint density at radius 3 is 2.91 bits per heavy atom.